The van der Waals surface area contributed by atoms with E-state index in [1.165, 1.54) is 135 Å². The molecule has 1 heterocycles. The Balaban J connectivity index is 1.93. The first-order valence-corrected chi connectivity index (χ1v) is 19.1. The topological polar surface area (TPSA) is 62.1 Å². The minimum absolute atomic E-state index is 0.0136. The van der Waals surface area contributed by atoms with Crippen LogP contribution < -0.4 is 15.2 Å². The van der Waals surface area contributed by atoms with Crippen molar-refractivity contribution >= 4 is 11.8 Å². The second-order valence-electron chi connectivity index (χ2n) is 13.6. The molecule has 0 aliphatic carbocycles. The average Bonchev–Trinajstić information content (AvgIpc) is 3.02. The summed E-state index contributed by atoms with van der Waals surface area (Å²) >= 11 is 0. The molecule has 1 atom stereocenters. The SMILES string of the molecule is CCCCCCCCCCCCCCCCCCNC(=O)[C@@H](NC(=O)CCCCCCCCCC[n+]1ccccc1)C(C)C. The van der Waals surface area contributed by atoms with Gasteiger partial charge >= 0.3 is 0 Å². The van der Waals surface area contributed by atoms with Gasteiger partial charge in [0.1, 0.15) is 12.6 Å². The molecule has 0 unspecified atom stereocenters. The van der Waals surface area contributed by atoms with Gasteiger partial charge in [-0.1, -0.05) is 155 Å². The van der Waals surface area contributed by atoms with Gasteiger partial charge in [-0.3, -0.25) is 9.59 Å². The number of carbonyl (C=O) groups excluding carboxylic acids is 2. The van der Waals surface area contributed by atoms with Crippen LogP contribution in [0.4, 0.5) is 0 Å². The Morgan fingerprint density at radius 2 is 1.00 bits per heavy atom. The number of nitrogens with one attached hydrogen (secondary N) is 2. The zero-order valence-corrected chi connectivity index (χ0v) is 29.4. The molecule has 5 heteroatoms. The van der Waals surface area contributed by atoms with Crippen LogP contribution in [0.25, 0.3) is 0 Å². The molecule has 44 heavy (non-hydrogen) atoms. The van der Waals surface area contributed by atoms with Crippen LogP contribution in [0.1, 0.15) is 181 Å². The first kappa shape index (κ1) is 40.1. The lowest BCUT2D eigenvalue weighted by atomic mass is 10.0. The summed E-state index contributed by atoms with van der Waals surface area (Å²) in [4.78, 5) is 25.3. The van der Waals surface area contributed by atoms with Crippen LogP contribution in [0.3, 0.4) is 0 Å². The number of nitrogens with zero attached hydrogens (tertiary/aromatic N) is 1. The third kappa shape index (κ3) is 24.4. The molecule has 0 spiro atoms. The van der Waals surface area contributed by atoms with Gasteiger partial charge in [-0.05, 0) is 25.2 Å². The fourth-order valence-electron chi connectivity index (χ4n) is 6.00. The molecule has 0 bridgehead atoms. The van der Waals surface area contributed by atoms with E-state index in [-0.39, 0.29) is 17.7 Å². The number of unbranched alkanes of at least 4 members (excludes halogenated alkanes) is 22. The van der Waals surface area contributed by atoms with Gasteiger partial charge < -0.3 is 10.6 Å². The summed E-state index contributed by atoms with van der Waals surface area (Å²) in [6.07, 6.45) is 35.9. The second-order valence-corrected chi connectivity index (χ2v) is 13.6. The standard InChI is InChI=1S/C39H71N3O2/c1-4-5-6-7-8-9-10-11-12-13-14-15-17-20-23-27-32-40-39(44)38(36(2)3)41-37(43)31-26-22-19-16-18-21-24-28-33-42-34-29-25-30-35-42/h25,29-30,34-36,38H,4-24,26-28,31-33H2,1-3H3,(H-,40,41,43,44)/p+1/t38-/m0/s1. The van der Waals surface area contributed by atoms with Gasteiger partial charge in [-0.25, -0.2) is 4.57 Å². The summed E-state index contributed by atoms with van der Waals surface area (Å²) < 4.78 is 2.25. The van der Waals surface area contributed by atoms with E-state index in [4.69, 9.17) is 0 Å². The van der Waals surface area contributed by atoms with E-state index in [0.29, 0.717) is 13.0 Å². The van der Waals surface area contributed by atoms with Crippen LogP contribution >= 0.6 is 0 Å². The van der Waals surface area contributed by atoms with Crippen LogP contribution in [0.15, 0.2) is 30.6 Å². The van der Waals surface area contributed by atoms with E-state index in [1.54, 1.807) is 0 Å². The van der Waals surface area contributed by atoms with Gasteiger partial charge in [0.05, 0.1) is 0 Å². The van der Waals surface area contributed by atoms with Gasteiger partial charge in [-0.15, -0.1) is 0 Å². The van der Waals surface area contributed by atoms with Gasteiger partial charge in [0, 0.05) is 31.5 Å². The largest absolute Gasteiger partial charge is 0.354 e. The molecule has 0 aliphatic heterocycles. The quantitative estimate of drug-likeness (QED) is 0.0646. The van der Waals surface area contributed by atoms with Crippen molar-refractivity contribution in [3.8, 4) is 0 Å². The fraction of sp³-hybridized carbons (Fsp3) is 0.821. The predicted molar refractivity (Wildman–Crippen MR) is 188 cm³/mol. The van der Waals surface area contributed by atoms with Gasteiger partial charge in [0.15, 0.2) is 12.4 Å². The number of rotatable bonds is 31. The normalized spacial score (nSPS) is 12.0. The zero-order valence-electron chi connectivity index (χ0n) is 29.4. The molecule has 0 saturated carbocycles. The van der Waals surface area contributed by atoms with E-state index in [1.807, 2.05) is 13.8 Å². The Labute approximate surface area is 273 Å². The Morgan fingerprint density at radius 1 is 0.568 bits per heavy atom. The Morgan fingerprint density at radius 3 is 1.48 bits per heavy atom. The van der Waals surface area contributed by atoms with Crippen molar-refractivity contribution in [1.29, 1.82) is 0 Å². The van der Waals surface area contributed by atoms with Crippen molar-refractivity contribution in [3.63, 3.8) is 0 Å². The molecule has 1 rings (SSSR count). The summed E-state index contributed by atoms with van der Waals surface area (Å²) in [5.74, 6) is 0.0738. The van der Waals surface area contributed by atoms with E-state index in [2.05, 4.69) is 52.7 Å². The number of aromatic nitrogens is 1. The average molecular weight is 615 g/mol. The van der Waals surface area contributed by atoms with E-state index in [9.17, 15) is 9.59 Å². The summed E-state index contributed by atoms with van der Waals surface area (Å²) in [6.45, 7) is 8.12. The first-order chi connectivity index (χ1) is 21.5. The molecule has 0 fully saturated rings. The van der Waals surface area contributed by atoms with Gasteiger partial charge in [0.25, 0.3) is 0 Å². The molecule has 254 valence electrons. The molecule has 1 aromatic heterocycles. The molecule has 0 aliphatic rings. The van der Waals surface area contributed by atoms with Crippen LogP contribution in [-0.2, 0) is 16.1 Å². The highest BCUT2D eigenvalue weighted by Gasteiger charge is 2.23. The van der Waals surface area contributed by atoms with Crippen molar-refractivity contribution in [3.05, 3.63) is 30.6 Å². The molecule has 2 N–H and O–H groups in total. The zero-order chi connectivity index (χ0) is 31.9. The smallest absolute Gasteiger partial charge is 0.242 e. The van der Waals surface area contributed by atoms with Crippen molar-refractivity contribution in [2.45, 2.75) is 194 Å². The number of carbonyl (C=O) groups is 2. The highest BCUT2D eigenvalue weighted by molar-refractivity contribution is 5.87. The summed E-state index contributed by atoms with van der Waals surface area (Å²) in [7, 11) is 0. The van der Waals surface area contributed by atoms with Crippen molar-refractivity contribution in [2.24, 2.45) is 5.92 Å². The number of hydrogen-bond acceptors (Lipinski definition) is 2. The maximum absolute atomic E-state index is 12.8. The van der Waals surface area contributed by atoms with Crippen LogP contribution in [0.2, 0.25) is 0 Å². The lowest BCUT2D eigenvalue weighted by molar-refractivity contribution is -0.697. The monoisotopic (exact) mass is 615 g/mol. The van der Waals surface area contributed by atoms with Crippen LogP contribution in [0.5, 0.6) is 0 Å². The van der Waals surface area contributed by atoms with Crippen LogP contribution in [-0.4, -0.2) is 24.4 Å². The lowest BCUT2D eigenvalue weighted by Crippen LogP contribution is -2.49. The molecule has 2 amide bonds. The first-order valence-electron chi connectivity index (χ1n) is 19.1. The molecule has 0 saturated heterocycles. The van der Waals surface area contributed by atoms with Gasteiger partial charge in [0.2, 0.25) is 11.8 Å². The van der Waals surface area contributed by atoms with E-state index >= 15 is 0 Å². The number of pyridine rings is 1. The highest BCUT2D eigenvalue weighted by Crippen LogP contribution is 2.14. The number of amides is 2. The molecule has 1 aromatic rings. The predicted octanol–water partition coefficient (Wildman–Crippen LogP) is 10.0. The maximum Gasteiger partial charge on any atom is 0.242 e. The maximum atomic E-state index is 12.8. The summed E-state index contributed by atoms with van der Waals surface area (Å²) in [6, 6.07) is 5.79. The lowest BCUT2D eigenvalue weighted by Gasteiger charge is -2.21. The summed E-state index contributed by atoms with van der Waals surface area (Å²) in [5, 5.41) is 6.09. The minimum Gasteiger partial charge on any atom is -0.354 e. The molecule has 0 aromatic carbocycles. The van der Waals surface area contributed by atoms with Gasteiger partial charge in [-0.2, -0.15) is 0 Å². The molecular formula is C39H72N3O2+. The summed E-state index contributed by atoms with van der Waals surface area (Å²) in [5.41, 5.74) is 0. The van der Waals surface area contributed by atoms with E-state index < -0.39 is 6.04 Å². The Bertz CT molecular complexity index is 783. The third-order valence-electron chi connectivity index (χ3n) is 8.94. The number of aryl methyl sites for hydroxylation is 1. The van der Waals surface area contributed by atoms with Crippen LogP contribution in [0, 0.1) is 5.92 Å². The Kier molecular flexibility index (Phi) is 27.2. The van der Waals surface area contributed by atoms with Crippen molar-refractivity contribution < 1.29 is 14.2 Å². The Hall–Kier alpha value is -1.91. The third-order valence-corrected chi connectivity index (χ3v) is 8.94. The molecule has 5 nitrogen and oxygen atoms in total. The molecule has 0 radical (unpaired) electrons. The second kappa shape index (κ2) is 29.8. The number of hydrogen-bond donors (Lipinski definition) is 2. The van der Waals surface area contributed by atoms with Crippen molar-refractivity contribution in [1.82, 2.24) is 10.6 Å². The van der Waals surface area contributed by atoms with Crippen molar-refractivity contribution in [2.75, 3.05) is 6.54 Å². The minimum atomic E-state index is -0.433. The fourth-order valence-corrected chi connectivity index (χ4v) is 6.00. The molecular weight excluding hydrogens is 542 g/mol. The highest BCUT2D eigenvalue weighted by atomic mass is 16.2. The van der Waals surface area contributed by atoms with E-state index in [0.717, 1.165) is 25.8 Å².